The van der Waals surface area contributed by atoms with Crippen LogP contribution >= 0.6 is 0 Å². The number of nitrogen functional groups attached to an aromatic ring is 1. The maximum atomic E-state index is 13.1. The zero-order chi connectivity index (χ0) is 13.7. The van der Waals surface area contributed by atoms with Gasteiger partial charge < -0.3 is 15.2 Å². The molecule has 0 radical (unpaired) electrons. The average molecular weight is 261 g/mol. The third-order valence-corrected chi connectivity index (χ3v) is 2.41. The largest absolute Gasteiger partial charge is 0.493 e. The highest BCUT2D eigenvalue weighted by molar-refractivity contribution is 5.51. The van der Waals surface area contributed by atoms with Crippen molar-refractivity contribution in [3.05, 3.63) is 48.3 Å². The summed E-state index contributed by atoms with van der Waals surface area (Å²) in [7, 11) is 0. The predicted octanol–water partition coefficient (Wildman–Crippen LogP) is 3.99. The van der Waals surface area contributed by atoms with E-state index in [-0.39, 0.29) is 5.82 Å². The normalized spacial score (nSPS) is 10.2. The standard InChI is InChI=1S/C15H16FNO2/c1-2-6-18-14-8-12(17)9-15(10-14)19-13-5-3-4-11(16)7-13/h3-5,7-10H,2,6,17H2,1H3. The van der Waals surface area contributed by atoms with E-state index >= 15 is 0 Å². The molecule has 0 aliphatic heterocycles. The average Bonchev–Trinajstić information content (AvgIpc) is 2.35. The quantitative estimate of drug-likeness (QED) is 0.828. The first-order valence-corrected chi connectivity index (χ1v) is 6.14. The van der Waals surface area contributed by atoms with Crippen molar-refractivity contribution in [1.82, 2.24) is 0 Å². The topological polar surface area (TPSA) is 44.5 Å². The number of hydrogen-bond acceptors (Lipinski definition) is 3. The van der Waals surface area contributed by atoms with Gasteiger partial charge in [-0.1, -0.05) is 13.0 Å². The first-order valence-electron chi connectivity index (χ1n) is 6.14. The van der Waals surface area contributed by atoms with Gasteiger partial charge in [0.15, 0.2) is 0 Å². The van der Waals surface area contributed by atoms with Crippen LogP contribution in [0.3, 0.4) is 0 Å². The van der Waals surface area contributed by atoms with E-state index in [0.29, 0.717) is 29.5 Å². The van der Waals surface area contributed by atoms with E-state index in [1.165, 1.54) is 12.1 Å². The molecule has 4 heteroatoms. The van der Waals surface area contributed by atoms with Crippen LogP contribution in [-0.2, 0) is 0 Å². The molecule has 3 nitrogen and oxygen atoms in total. The monoisotopic (exact) mass is 261 g/mol. The molecule has 0 saturated carbocycles. The lowest BCUT2D eigenvalue weighted by molar-refractivity contribution is 0.316. The third-order valence-electron chi connectivity index (χ3n) is 2.41. The van der Waals surface area contributed by atoms with E-state index < -0.39 is 0 Å². The fraction of sp³-hybridized carbons (Fsp3) is 0.200. The molecule has 2 rings (SSSR count). The van der Waals surface area contributed by atoms with E-state index in [0.717, 1.165) is 6.42 Å². The van der Waals surface area contributed by atoms with Gasteiger partial charge in [0.2, 0.25) is 0 Å². The maximum Gasteiger partial charge on any atom is 0.133 e. The first kappa shape index (κ1) is 13.2. The lowest BCUT2D eigenvalue weighted by atomic mass is 10.2. The second-order valence-corrected chi connectivity index (χ2v) is 4.15. The van der Waals surface area contributed by atoms with Crippen molar-refractivity contribution in [2.45, 2.75) is 13.3 Å². The van der Waals surface area contributed by atoms with Crippen LogP contribution in [0.4, 0.5) is 10.1 Å². The number of halogens is 1. The summed E-state index contributed by atoms with van der Waals surface area (Å²) in [5.41, 5.74) is 6.32. The van der Waals surface area contributed by atoms with Gasteiger partial charge in [-0.05, 0) is 18.6 Å². The molecule has 2 aromatic carbocycles. The SMILES string of the molecule is CCCOc1cc(N)cc(Oc2cccc(F)c2)c1. The summed E-state index contributed by atoms with van der Waals surface area (Å²) in [5.74, 6) is 1.25. The van der Waals surface area contributed by atoms with E-state index in [4.69, 9.17) is 15.2 Å². The van der Waals surface area contributed by atoms with Crippen LogP contribution in [0.15, 0.2) is 42.5 Å². The van der Waals surface area contributed by atoms with Gasteiger partial charge in [-0.15, -0.1) is 0 Å². The summed E-state index contributed by atoms with van der Waals surface area (Å²) in [6.45, 7) is 2.64. The minimum Gasteiger partial charge on any atom is -0.493 e. The van der Waals surface area contributed by atoms with Gasteiger partial charge >= 0.3 is 0 Å². The molecule has 0 spiro atoms. The maximum absolute atomic E-state index is 13.1. The number of benzene rings is 2. The summed E-state index contributed by atoms with van der Waals surface area (Å²) in [6, 6.07) is 11.1. The number of nitrogens with two attached hydrogens (primary N) is 1. The fourth-order valence-corrected chi connectivity index (χ4v) is 1.62. The molecule has 0 unspecified atom stereocenters. The molecule has 0 aromatic heterocycles. The van der Waals surface area contributed by atoms with Gasteiger partial charge in [0.25, 0.3) is 0 Å². The van der Waals surface area contributed by atoms with E-state index in [2.05, 4.69) is 0 Å². The molecule has 0 bridgehead atoms. The van der Waals surface area contributed by atoms with Crippen molar-refractivity contribution in [2.24, 2.45) is 0 Å². The van der Waals surface area contributed by atoms with Crippen LogP contribution in [0, 0.1) is 5.82 Å². The molecule has 0 amide bonds. The Hall–Kier alpha value is -2.23. The van der Waals surface area contributed by atoms with Crippen LogP contribution in [-0.4, -0.2) is 6.61 Å². The highest BCUT2D eigenvalue weighted by atomic mass is 19.1. The smallest absolute Gasteiger partial charge is 0.133 e. The first-order chi connectivity index (χ1) is 9.17. The lowest BCUT2D eigenvalue weighted by Crippen LogP contribution is -1.97. The van der Waals surface area contributed by atoms with Crippen molar-refractivity contribution in [3.63, 3.8) is 0 Å². The Morgan fingerprint density at radius 2 is 1.84 bits per heavy atom. The molecule has 0 saturated heterocycles. The van der Waals surface area contributed by atoms with Gasteiger partial charge in [0.1, 0.15) is 23.1 Å². The fourth-order valence-electron chi connectivity index (χ4n) is 1.62. The van der Waals surface area contributed by atoms with Crippen molar-refractivity contribution >= 4 is 5.69 Å². The minimum atomic E-state index is -0.344. The summed E-state index contributed by atoms with van der Waals surface area (Å²) in [4.78, 5) is 0. The molecular weight excluding hydrogens is 245 g/mol. The molecule has 100 valence electrons. The third kappa shape index (κ3) is 3.88. The van der Waals surface area contributed by atoms with E-state index in [1.54, 1.807) is 30.3 Å². The van der Waals surface area contributed by atoms with E-state index in [1.807, 2.05) is 6.92 Å². The molecule has 0 heterocycles. The minimum absolute atomic E-state index is 0.344. The van der Waals surface area contributed by atoms with Crippen LogP contribution in [0.25, 0.3) is 0 Å². The molecule has 2 N–H and O–H groups in total. The second-order valence-electron chi connectivity index (χ2n) is 4.15. The van der Waals surface area contributed by atoms with Crippen molar-refractivity contribution < 1.29 is 13.9 Å². The van der Waals surface area contributed by atoms with Gasteiger partial charge in [0.05, 0.1) is 6.61 Å². The Labute approximate surface area is 111 Å². The summed E-state index contributed by atoms with van der Waals surface area (Å²) >= 11 is 0. The Kier molecular flexibility index (Phi) is 4.23. The van der Waals surface area contributed by atoms with Crippen LogP contribution < -0.4 is 15.2 Å². The van der Waals surface area contributed by atoms with Crippen molar-refractivity contribution in [2.75, 3.05) is 12.3 Å². The second kappa shape index (κ2) is 6.09. The predicted molar refractivity (Wildman–Crippen MR) is 73.1 cm³/mol. The molecule has 0 aliphatic carbocycles. The Balaban J connectivity index is 2.17. The van der Waals surface area contributed by atoms with Crippen LogP contribution in [0.1, 0.15) is 13.3 Å². The van der Waals surface area contributed by atoms with Crippen LogP contribution in [0.5, 0.6) is 17.2 Å². The number of hydrogen-bond donors (Lipinski definition) is 1. The van der Waals surface area contributed by atoms with Gasteiger partial charge in [-0.3, -0.25) is 0 Å². The van der Waals surface area contributed by atoms with E-state index in [9.17, 15) is 4.39 Å². The Morgan fingerprint density at radius 3 is 2.58 bits per heavy atom. The molecule has 19 heavy (non-hydrogen) atoms. The van der Waals surface area contributed by atoms with Crippen molar-refractivity contribution in [1.29, 1.82) is 0 Å². The molecule has 2 aromatic rings. The molecule has 0 atom stereocenters. The Morgan fingerprint density at radius 1 is 1.05 bits per heavy atom. The number of anilines is 1. The van der Waals surface area contributed by atoms with Gasteiger partial charge in [-0.25, -0.2) is 4.39 Å². The molecular formula is C15H16FNO2. The van der Waals surface area contributed by atoms with Crippen molar-refractivity contribution in [3.8, 4) is 17.2 Å². The highest BCUT2D eigenvalue weighted by Gasteiger charge is 2.03. The molecule has 0 fully saturated rings. The summed E-state index contributed by atoms with van der Waals surface area (Å²) in [5, 5.41) is 0. The van der Waals surface area contributed by atoms with Crippen LogP contribution in [0.2, 0.25) is 0 Å². The van der Waals surface area contributed by atoms with Gasteiger partial charge in [-0.2, -0.15) is 0 Å². The summed E-state index contributed by atoms with van der Waals surface area (Å²) < 4.78 is 24.1. The number of rotatable bonds is 5. The highest BCUT2D eigenvalue weighted by Crippen LogP contribution is 2.28. The van der Waals surface area contributed by atoms with Gasteiger partial charge in [0, 0.05) is 30.0 Å². The zero-order valence-corrected chi connectivity index (χ0v) is 10.7. The molecule has 0 aliphatic rings. The Bertz CT molecular complexity index is 558. The zero-order valence-electron chi connectivity index (χ0n) is 10.7. The summed E-state index contributed by atoms with van der Waals surface area (Å²) in [6.07, 6.45) is 0.912. The number of ether oxygens (including phenoxy) is 2. The lowest BCUT2D eigenvalue weighted by Gasteiger charge is -2.10.